The predicted octanol–water partition coefficient (Wildman–Crippen LogP) is 4.72. The summed E-state index contributed by atoms with van der Waals surface area (Å²) in [7, 11) is -2.30. The lowest BCUT2D eigenvalue weighted by Gasteiger charge is -2.24. The van der Waals surface area contributed by atoms with Crippen molar-refractivity contribution in [3.8, 4) is 0 Å². The lowest BCUT2D eigenvalue weighted by molar-refractivity contribution is -0.0285. The first kappa shape index (κ1) is 24.9. The molecule has 1 aromatic heterocycles. The van der Waals surface area contributed by atoms with Gasteiger partial charge in [-0.15, -0.1) is 0 Å². The van der Waals surface area contributed by atoms with Crippen LogP contribution >= 0.6 is 0 Å². The number of anilines is 1. The quantitative estimate of drug-likeness (QED) is 0.557. The Labute approximate surface area is 189 Å². The number of alkyl halides is 2. The van der Waals surface area contributed by atoms with E-state index in [1.165, 1.54) is 11.4 Å². The number of aromatic nitrogens is 2. The van der Waals surface area contributed by atoms with Gasteiger partial charge in [-0.25, -0.2) is 13.8 Å². The first-order valence-corrected chi connectivity index (χ1v) is 12.4. The molecule has 1 aromatic carbocycles. The maximum Gasteiger partial charge on any atom is 0.326 e. The zero-order valence-corrected chi connectivity index (χ0v) is 20.5. The molecule has 0 saturated carbocycles. The molecule has 1 aliphatic heterocycles. The standard InChI is InChI=1S/C22H34F2N4O3S/c1-16(10-11-22(5,23)24)15-27-19-9-8-17(14-18(19)25-20(27)21(2,3)4)26(6)32(29,30)28-12-7-13-31-28/h8-9,14,16H,7,10-13,15H2,1-6H3. The SMILES string of the molecule is CC(CCC(C)(F)F)Cn1c(C(C)(C)C)nc2cc(N(C)S(=O)(=O)N3CCCO3)ccc21. The molecular formula is C22H34F2N4O3S. The van der Waals surface area contributed by atoms with Gasteiger partial charge in [0.1, 0.15) is 5.82 Å². The molecule has 1 saturated heterocycles. The van der Waals surface area contributed by atoms with Crippen LogP contribution in [0.15, 0.2) is 18.2 Å². The van der Waals surface area contributed by atoms with Crippen LogP contribution in [0.25, 0.3) is 11.0 Å². The van der Waals surface area contributed by atoms with Crippen molar-refractivity contribution in [2.45, 2.75) is 71.8 Å². The average Bonchev–Trinajstić information content (AvgIpc) is 3.33. The molecule has 0 aliphatic carbocycles. The third kappa shape index (κ3) is 5.40. The molecule has 180 valence electrons. The van der Waals surface area contributed by atoms with Crippen molar-refractivity contribution in [3.05, 3.63) is 24.0 Å². The molecule has 1 aliphatic rings. The number of rotatable bonds is 8. The van der Waals surface area contributed by atoms with Crippen LogP contribution in [-0.4, -0.2) is 48.6 Å². The van der Waals surface area contributed by atoms with E-state index in [9.17, 15) is 17.2 Å². The third-order valence-electron chi connectivity index (χ3n) is 5.66. The van der Waals surface area contributed by atoms with Gasteiger partial charge in [-0.05, 0) is 43.9 Å². The highest BCUT2D eigenvalue weighted by Crippen LogP contribution is 2.32. The van der Waals surface area contributed by atoms with Crippen molar-refractivity contribution in [1.29, 1.82) is 0 Å². The summed E-state index contributed by atoms with van der Waals surface area (Å²) in [5.74, 6) is -1.80. The monoisotopic (exact) mass is 472 g/mol. The summed E-state index contributed by atoms with van der Waals surface area (Å²) >= 11 is 0. The van der Waals surface area contributed by atoms with Gasteiger partial charge >= 0.3 is 10.2 Å². The van der Waals surface area contributed by atoms with Crippen LogP contribution in [0.5, 0.6) is 0 Å². The van der Waals surface area contributed by atoms with Gasteiger partial charge in [-0.3, -0.25) is 9.14 Å². The molecule has 10 heteroatoms. The van der Waals surface area contributed by atoms with E-state index in [4.69, 9.17) is 9.82 Å². The Morgan fingerprint density at radius 2 is 1.94 bits per heavy atom. The molecule has 1 atom stereocenters. The van der Waals surface area contributed by atoms with Crippen LogP contribution < -0.4 is 4.31 Å². The van der Waals surface area contributed by atoms with Gasteiger partial charge in [0.05, 0.1) is 23.3 Å². The summed E-state index contributed by atoms with van der Waals surface area (Å²) in [5, 5.41) is 0. The minimum absolute atomic E-state index is 0.0365. The van der Waals surface area contributed by atoms with Gasteiger partial charge in [0.15, 0.2) is 0 Å². The molecule has 0 amide bonds. The van der Waals surface area contributed by atoms with Crippen molar-refractivity contribution in [3.63, 3.8) is 0 Å². The molecule has 3 rings (SSSR count). The Morgan fingerprint density at radius 3 is 2.50 bits per heavy atom. The molecule has 0 radical (unpaired) electrons. The van der Waals surface area contributed by atoms with Crippen molar-refractivity contribution in [2.24, 2.45) is 5.92 Å². The summed E-state index contributed by atoms with van der Waals surface area (Å²) in [5.41, 5.74) is 1.74. The molecule has 2 aromatic rings. The number of fused-ring (bicyclic) bond motifs is 1. The van der Waals surface area contributed by atoms with Crippen LogP contribution in [0.2, 0.25) is 0 Å². The lowest BCUT2D eigenvalue weighted by Crippen LogP contribution is -2.39. The Balaban J connectivity index is 1.94. The average molecular weight is 473 g/mol. The van der Waals surface area contributed by atoms with Crippen molar-refractivity contribution >= 4 is 26.9 Å². The summed E-state index contributed by atoms with van der Waals surface area (Å²) in [6.07, 6.45) is 0.909. The highest BCUT2D eigenvalue weighted by molar-refractivity contribution is 7.90. The Hall–Kier alpha value is -1.78. The zero-order valence-electron chi connectivity index (χ0n) is 19.7. The summed E-state index contributed by atoms with van der Waals surface area (Å²) in [6.45, 7) is 10.3. The van der Waals surface area contributed by atoms with E-state index < -0.39 is 16.1 Å². The van der Waals surface area contributed by atoms with Crippen molar-refractivity contribution in [2.75, 3.05) is 24.5 Å². The maximum absolute atomic E-state index is 13.3. The van der Waals surface area contributed by atoms with Crippen LogP contribution in [0.4, 0.5) is 14.5 Å². The number of imidazole rings is 1. The number of hydrogen-bond donors (Lipinski definition) is 0. The minimum Gasteiger partial charge on any atom is -0.327 e. The van der Waals surface area contributed by atoms with Gasteiger partial charge in [0.25, 0.3) is 0 Å². The topological polar surface area (TPSA) is 67.7 Å². The van der Waals surface area contributed by atoms with Crippen LogP contribution in [0.3, 0.4) is 0 Å². The number of hydrogen-bond acceptors (Lipinski definition) is 4. The first-order valence-electron chi connectivity index (χ1n) is 11.0. The minimum atomic E-state index is -3.79. The van der Waals surface area contributed by atoms with E-state index in [1.54, 1.807) is 12.1 Å². The van der Waals surface area contributed by atoms with Crippen LogP contribution in [0.1, 0.15) is 59.7 Å². The Kier molecular flexibility index (Phi) is 6.89. The van der Waals surface area contributed by atoms with Crippen LogP contribution in [0, 0.1) is 5.92 Å². The van der Waals surface area contributed by atoms with Gasteiger partial charge in [-0.1, -0.05) is 32.2 Å². The molecule has 0 bridgehead atoms. The highest BCUT2D eigenvalue weighted by Gasteiger charge is 2.32. The lowest BCUT2D eigenvalue weighted by atomic mass is 9.95. The largest absolute Gasteiger partial charge is 0.327 e. The second kappa shape index (κ2) is 8.87. The number of halogens is 2. The predicted molar refractivity (Wildman–Crippen MR) is 122 cm³/mol. The maximum atomic E-state index is 13.3. The molecule has 1 fully saturated rings. The third-order valence-corrected chi connectivity index (χ3v) is 7.37. The van der Waals surface area contributed by atoms with E-state index in [-0.39, 0.29) is 17.8 Å². The van der Waals surface area contributed by atoms with Crippen LogP contribution in [-0.2, 0) is 27.0 Å². The van der Waals surface area contributed by atoms with Crippen molar-refractivity contribution in [1.82, 2.24) is 14.0 Å². The second-order valence-corrected chi connectivity index (χ2v) is 11.7. The van der Waals surface area contributed by atoms with Gasteiger partial charge in [0.2, 0.25) is 5.92 Å². The fraction of sp³-hybridized carbons (Fsp3) is 0.682. The smallest absolute Gasteiger partial charge is 0.326 e. The number of hydroxylamine groups is 1. The van der Waals surface area contributed by atoms with E-state index in [0.717, 1.165) is 22.7 Å². The summed E-state index contributed by atoms with van der Waals surface area (Å²) < 4.78 is 56.6. The Bertz CT molecular complexity index is 1050. The molecular weight excluding hydrogens is 438 g/mol. The van der Waals surface area contributed by atoms with E-state index in [2.05, 4.69) is 25.3 Å². The molecule has 0 N–H and O–H groups in total. The fourth-order valence-corrected chi connectivity index (χ4v) is 5.07. The summed E-state index contributed by atoms with van der Waals surface area (Å²) in [4.78, 5) is 10.1. The van der Waals surface area contributed by atoms with E-state index in [1.807, 2.05) is 13.0 Å². The first-order chi connectivity index (χ1) is 14.7. The molecule has 0 spiro atoms. The highest BCUT2D eigenvalue weighted by atomic mass is 32.2. The number of nitrogens with zero attached hydrogens (tertiary/aromatic N) is 4. The van der Waals surface area contributed by atoms with Gasteiger partial charge in [0, 0.05) is 32.0 Å². The van der Waals surface area contributed by atoms with E-state index >= 15 is 0 Å². The van der Waals surface area contributed by atoms with Gasteiger partial charge in [-0.2, -0.15) is 8.42 Å². The van der Waals surface area contributed by atoms with Crippen molar-refractivity contribution < 1.29 is 22.0 Å². The fourth-order valence-electron chi connectivity index (χ4n) is 3.85. The molecule has 2 heterocycles. The molecule has 32 heavy (non-hydrogen) atoms. The second-order valence-electron chi connectivity index (χ2n) is 9.87. The molecule has 7 nitrogen and oxygen atoms in total. The summed E-state index contributed by atoms with van der Waals surface area (Å²) in [6, 6.07) is 5.34. The molecule has 1 unspecified atom stereocenters. The Morgan fingerprint density at radius 1 is 1.25 bits per heavy atom. The van der Waals surface area contributed by atoms with Gasteiger partial charge < -0.3 is 4.57 Å². The number of benzene rings is 1. The normalized spacial score (nSPS) is 17.2. The van der Waals surface area contributed by atoms with E-state index in [0.29, 0.717) is 43.7 Å². The zero-order chi connectivity index (χ0) is 23.9.